The molecule has 0 aromatic carbocycles. The van der Waals surface area contributed by atoms with Crippen LogP contribution in [0.4, 0.5) is 5.69 Å². The van der Waals surface area contributed by atoms with Crippen LogP contribution in [0.3, 0.4) is 0 Å². The molecule has 3 N–H and O–H groups in total. The van der Waals surface area contributed by atoms with Gasteiger partial charge < -0.3 is 11.1 Å². The van der Waals surface area contributed by atoms with Gasteiger partial charge in [-0.15, -0.1) is 0 Å². The molecule has 0 atom stereocenters. The van der Waals surface area contributed by atoms with Gasteiger partial charge in [0.2, 0.25) is 5.91 Å². The summed E-state index contributed by atoms with van der Waals surface area (Å²) in [6, 6.07) is 3.63. The van der Waals surface area contributed by atoms with Gasteiger partial charge in [0.05, 0.1) is 11.2 Å². The van der Waals surface area contributed by atoms with Gasteiger partial charge in [0.15, 0.2) is 5.82 Å². The highest BCUT2D eigenvalue weighted by Crippen LogP contribution is 2.29. The molecule has 1 amide bonds. The minimum atomic E-state index is -0.753. The molecular formula is C15H19N5O. The summed E-state index contributed by atoms with van der Waals surface area (Å²) in [5, 5.41) is 2.93. The smallest absolute Gasteiger partial charge is 0.244 e. The number of carbonyl (C=O) groups excluding carboxylic acids is 1. The molecule has 2 heterocycles. The molecule has 0 aliphatic heterocycles. The number of aromatic nitrogens is 3. The molecule has 21 heavy (non-hydrogen) atoms. The van der Waals surface area contributed by atoms with E-state index in [1.165, 1.54) is 0 Å². The van der Waals surface area contributed by atoms with Crippen LogP contribution in [0.25, 0.3) is 5.82 Å². The van der Waals surface area contributed by atoms with E-state index in [2.05, 4.69) is 15.3 Å². The zero-order valence-electron chi connectivity index (χ0n) is 12.0. The second kappa shape index (κ2) is 5.29. The lowest BCUT2D eigenvalue weighted by atomic mass is 9.98. The van der Waals surface area contributed by atoms with Gasteiger partial charge in [-0.2, -0.15) is 0 Å². The molecular weight excluding hydrogens is 266 g/mol. The number of anilines is 1. The quantitative estimate of drug-likeness (QED) is 0.900. The number of aryl methyl sites for hydroxylation is 1. The van der Waals surface area contributed by atoms with Crippen molar-refractivity contribution in [2.45, 2.75) is 38.1 Å². The minimum absolute atomic E-state index is 0.132. The number of pyridine rings is 1. The van der Waals surface area contributed by atoms with E-state index in [4.69, 9.17) is 5.73 Å². The molecule has 6 heteroatoms. The molecule has 1 aliphatic carbocycles. The molecule has 0 radical (unpaired) electrons. The summed E-state index contributed by atoms with van der Waals surface area (Å²) in [4.78, 5) is 21.0. The van der Waals surface area contributed by atoms with Gasteiger partial charge in [0, 0.05) is 18.6 Å². The van der Waals surface area contributed by atoms with Gasteiger partial charge >= 0.3 is 0 Å². The number of nitrogens with one attached hydrogen (secondary N) is 1. The second-order valence-corrected chi connectivity index (χ2v) is 5.54. The molecule has 0 bridgehead atoms. The Balaban J connectivity index is 1.90. The lowest BCUT2D eigenvalue weighted by molar-refractivity contribution is -0.121. The van der Waals surface area contributed by atoms with Crippen LogP contribution >= 0.6 is 0 Å². The molecule has 2 aromatic heterocycles. The fourth-order valence-electron chi connectivity index (χ4n) is 2.77. The molecule has 110 valence electrons. The Morgan fingerprint density at radius 1 is 1.33 bits per heavy atom. The van der Waals surface area contributed by atoms with Crippen LogP contribution in [-0.4, -0.2) is 26.0 Å². The molecule has 1 fully saturated rings. The average Bonchev–Trinajstić information content (AvgIpc) is 3.09. The SMILES string of the molecule is Cc1nccn1-c1ncccc1NC(=O)C1(N)CCCC1. The second-order valence-electron chi connectivity index (χ2n) is 5.54. The van der Waals surface area contributed by atoms with Crippen molar-refractivity contribution in [2.24, 2.45) is 5.73 Å². The van der Waals surface area contributed by atoms with Crippen molar-refractivity contribution in [2.75, 3.05) is 5.32 Å². The largest absolute Gasteiger partial charge is 0.321 e. The van der Waals surface area contributed by atoms with E-state index in [1.54, 1.807) is 18.5 Å². The maximum Gasteiger partial charge on any atom is 0.244 e. The molecule has 0 saturated heterocycles. The maximum absolute atomic E-state index is 12.5. The molecule has 0 spiro atoms. The van der Waals surface area contributed by atoms with Crippen molar-refractivity contribution in [1.29, 1.82) is 0 Å². The summed E-state index contributed by atoms with van der Waals surface area (Å²) >= 11 is 0. The number of amides is 1. The topological polar surface area (TPSA) is 85.8 Å². The zero-order valence-corrected chi connectivity index (χ0v) is 12.0. The number of imidazole rings is 1. The molecule has 2 aromatic rings. The number of nitrogens with zero attached hydrogens (tertiary/aromatic N) is 3. The van der Waals surface area contributed by atoms with Gasteiger partial charge in [0.1, 0.15) is 5.82 Å². The first kappa shape index (κ1) is 13.8. The molecule has 0 unspecified atom stereocenters. The first-order valence-electron chi connectivity index (χ1n) is 7.16. The Morgan fingerprint density at radius 2 is 2.10 bits per heavy atom. The summed E-state index contributed by atoms with van der Waals surface area (Å²) in [6.45, 7) is 1.89. The van der Waals surface area contributed by atoms with E-state index in [9.17, 15) is 4.79 Å². The number of rotatable bonds is 3. The highest BCUT2D eigenvalue weighted by atomic mass is 16.2. The Hall–Kier alpha value is -2.21. The van der Waals surface area contributed by atoms with Crippen molar-refractivity contribution < 1.29 is 4.79 Å². The Bertz CT molecular complexity index is 658. The number of hydrogen-bond acceptors (Lipinski definition) is 4. The number of hydrogen-bond donors (Lipinski definition) is 2. The number of nitrogens with two attached hydrogens (primary N) is 1. The molecule has 3 rings (SSSR count). The van der Waals surface area contributed by atoms with E-state index in [0.717, 1.165) is 31.5 Å². The summed E-state index contributed by atoms with van der Waals surface area (Å²) in [5.74, 6) is 1.34. The van der Waals surface area contributed by atoms with Crippen molar-refractivity contribution >= 4 is 11.6 Å². The first-order valence-corrected chi connectivity index (χ1v) is 7.16. The van der Waals surface area contributed by atoms with E-state index in [0.29, 0.717) is 11.5 Å². The van der Waals surface area contributed by atoms with Gasteiger partial charge in [-0.1, -0.05) is 12.8 Å². The molecule has 1 saturated carbocycles. The van der Waals surface area contributed by atoms with Gasteiger partial charge in [0.25, 0.3) is 0 Å². The third-order valence-electron chi connectivity index (χ3n) is 4.04. The van der Waals surface area contributed by atoms with E-state index < -0.39 is 5.54 Å². The van der Waals surface area contributed by atoms with Crippen molar-refractivity contribution in [1.82, 2.24) is 14.5 Å². The van der Waals surface area contributed by atoms with Crippen molar-refractivity contribution in [3.63, 3.8) is 0 Å². The summed E-state index contributed by atoms with van der Waals surface area (Å²) in [6.07, 6.45) is 8.70. The Kier molecular flexibility index (Phi) is 3.47. The molecule has 1 aliphatic rings. The predicted molar refractivity (Wildman–Crippen MR) is 80.1 cm³/mol. The van der Waals surface area contributed by atoms with Gasteiger partial charge in [-0.25, -0.2) is 9.97 Å². The highest BCUT2D eigenvalue weighted by molar-refractivity contribution is 5.99. The van der Waals surface area contributed by atoms with E-state index >= 15 is 0 Å². The van der Waals surface area contributed by atoms with Crippen LogP contribution in [0.2, 0.25) is 0 Å². The van der Waals surface area contributed by atoms with Crippen LogP contribution < -0.4 is 11.1 Å². The monoisotopic (exact) mass is 285 g/mol. The predicted octanol–water partition coefficient (Wildman–Crippen LogP) is 1.79. The van der Waals surface area contributed by atoms with Crippen LogP contribution in [0.1, 0.15) is 31.5 Å². The van der Waals surface area contributed by atoms with E-state index in [1.807, 2.05) is 23.8 Å². The fourth-order valence-corrected chi connectivity index (χ4v) is 2.77. The summed E-state index contributed by atoms with van der Waals surface area (Å²) < 4.78 is 1.84. The van der Waals surface area contributed by atoms with Crippen LogP contribution in [-0.2, 0) is 4.79 Å². The lowest BCUT2D eigenvalue weighted by Crippen LogP contribution is -2.48. The third-order valence-corrected chi connectivity index (χ3v) is 4.04. The summed E-state index contributed by atoms with van der Waals surface area (Å²) in [5.41, 5.74) is 6.10. The average molecular weight is 285 g/mol. The maximum atomic E-state index is 12.5. The van der Waals surface area contributed by atoms with Crippen molar-refractivity contribution in [3.05, 3.63) is 36.5 Å². The first-order chi connectivity index (χ1) is 10.1. The Labute approximate surface area is 123 Å². The van der Waals surface area contributed by atoms with Gasteiger partial charge in [-0.3, -0.25) is 9.36 Å². The van der Waals surface area contributed by atoms with Gasteiger partial charge in [-0.05, 0) is 31.9 Å². The van der Waals surface area contributed by atoms with Crippen LogP contribution in [0.5, 0.6) is 0 Å². The summed E-state index contributed by atoms with van der Waals surface area (Å²) in [7, 11) is 0. The van der Waals surface area contributed by atoms with E-state index in [-0.39, 0.29) is 5.91 Å². The number of carbonyl (C=O) groups is 1. The third kappa shape index (κ3) is 2.54. The standard InChI is InChI=1S/C15H19N5O/c1-11-17-9-10-20(11)13-12(5-4-8-18-13)19-14(21)15(16)6-2-3-7-15/h4-5,8-10H,2-3,6-7,16H2,1H3,(H,19,21). The highest BCUT2D eigenvalue weighted by Gasteiger charge is 2.37. The lowest BCUT2D eigenvalue weighted by Gasteiger charge is -2.23. The fraction of sp³-hybridized carbons (Fsp3) is 0.400. The van der Waals surface area contributed by atoms with Crippen LogP contribution in [0, 0.1) is 6.92 Å². The minimum Gasteiger partial charge on any atom is -0.321 e. The zero-order chi connectivity index (χ0) is 14.9. The normalized spacial score (nSPS) is 16.9. The molecule has 6 nitrogen and oxygen atoms in total. The van der Waals surface area contributed by atoms with Crippen LogP contribution in [0.15, 0.2) is 30.7 Å². The Morgan fingerprint density at radius 3 is 2.76 bits per heavy atom. The van der Waals surface area contributed by atoms with Crippen molar-refractivity contribution in [3.8, 4) is 5.82 Å².